The minimum Gasteiger partial charge on any atom is -0.339 e. The summed E-state index contributed by atoms with van der Waals surface area (Å²) in [6.07, 6.45) is 0. The molecule has 57 heavy (non-hydrogen) atoms. The summed E-state index contributed by atoms with van der Waals surface area (Å²) in [5.74, 6) is 0.856. The molecule has 8 rings (SSSR count). The molecule has 278 valence electrons. The highest BCUT2D eigenvalue weighted by atomic mass is 32.1. The lowest BCUT2D eigenvalue weighted by Crippen LogP contribution is -2.04. The molecule has 0 spiro atoms. The molecule has 10 heteroatoms. The van der Waals surface area contributed by atoms with Crippen molar-refractivity contribution in [3.05, 3.63) is 154 Å². The van der Waals surface area contributed by atoms with E-state index in [0.29, 0.717) is 44.3 Å². The highest BCUT2D eigenvalue weighted by Crippen LogP contribution is 2.43. The molecule has 0 saturated heterocycles. The van der Waals surface area contributed by atoms with Gasteiger partial charge in [0.05, 0.1) is 11.3 Å². The minimum absolute atomic E-state index is 0.362. The highest BCUT2D eigenvalue weighted by Gasteiger charge is 2.20. The summed E-state index contributed by atoms with van der Waals surface area (Å²) in [7, 11) is 0. The zero-order valence-electron chi connectivity index (χ0n) is 32.5. The van der Waals surface area contributed by atoms with Crippen molar-refractivity contribution in [2.75, 3.05) is 10.6 Å². The van der Waals surface area contributed by atoms with E-state index < -0.39 is 0 Å². The molecule has 0 saturated carbocycles. The number of nitrogens with zero attached hydrogens (tertiary/aromatic N) is 7. The first-order valence-electron chi connectivity index (χ1n) is 18.6. The fraction of sp³-hybridized carbons (Fsp3) is 0.128. The molecule has 2 aromatic heterocycles. The van der Waals surface area contributed by atoms with Gasteiger partial charge in [-0.1, -0.05) is 101 Å². The topological polar surface area (TPSA) is 123 Å². The molecule has 2 N–H and O–H groups in total. The fourth-order valence-electron chi connectivity index (χ4n) is 6.85. The van der Waals surface area contributed by atoms with Gasteiger partial charge in [-0.15, -0.1) is 20.5 Å². The molecule has 0 radical (unpaired) electrons. The van der Waals surface area contributed by atoms with Gasteiger partial charge in [0.1, 0.15) is 17.5 Å². The van der Waals surface area contributed by atoms with Gasteiger partial charge in [-0.05, 0) is 117 Å². The van der Waals surface area contributed by atoms with E-state index in [4.69, 9.17) is 25.3 Å². The van der Waals surface area contributed by atoms with E-state index in [9.17, 15) is 5.26 Å². The van der Waals surface area contributed by atoms with Crippen LogP contribution in [-0.4, -0.2) is 9.97 Å². The standard InChI is InChI=1S/C47H39N9S/c1-27-11-17-36(18-12-27)49-44-41(26-48)32(6)42(45(52-44)50-37-19-13-28(2)14-20-37)54-56-47-51-43(35-16-15-33-9-7-8-10-34(33)24-35)46(57-47)55-53-38-23-31(5)39-22-29(3)21-30(4)40(39)25-38/h7-25H,1-6H3,(H2,49,50,52). The Morgan fingerprint density at radius 1 is 0.579 bits per heavy atom. The van der Waals surface area contributed by atoms with E-state index in [-0.39, 0.29) is 0 Å². The molecule has 0 aliphatic carbocycles. The van der Waals surface area contributed by atoms with Crippen LogP contribution in [0.2, 0.25) is 0 Å². The molecule has 2 heterocycles. The van der Waals surface area contributed by atoms with Crippen LogP contribution in [0.25, 0.3) is 32.8 Å². The molecule has 0 aliphatic heterocycles. The first-order chi connectivity index (χ1) is 27.6. The maximum atomic E-state index is 10.4. The Morgan fingerprint density at radius 2 is 1.23 bits per heavy atom. The van der Waals surface area contributed by atoms with Crippen LogP contribution in [0.5, 0.6) is 0 Å². The van der Waals surface area contributed by atoms with Crippen molar-refractivity contribution < 1.29 is 0 Å². The number of thiazole rings is 1. The van der Waals surface area contributed by atoms with Crippen LogP contribution in [0.15, 0.2) is 136 Å². The van der Waals surface area contributed by atoms with E-state index in [1.54, 1.807) is 0 Å². The van der Waals surface area contributed by atoms with Crippen LogP contribution in [0.4, 0.5) is 44.5 Å². The zero-order valence-corrected chi connectivity index (χ0v) is 33.3. The Bertz CT molecular complexity index is 2920. The largest absolute Gasteiger partial charge is 0.339 e. The van der Waals surface area contributed by atoms with E-state index in [1.165, 1.54) is 27.8 Å². The number of aromatic nitrogens is 2. The predicted molar refractivity (Wildman–Crippen MR) is 234 cm³/mol. The third-order valence-corrected chi connectivity index (χ3v) is 10.7. The van der Waals surface area contributed by atoms with Crippen LogP contribution in [0.3, 0.4) is 0 Å². The molecule has 0 unspecified atom stereocenters. The second kappa shape index (κ2) is 15.6. The van der Waals surface area contributed by atoms with E-state index in [0.717, 1.165) is 55.5 Å². The number of fused-ring (bicyclic) bond motifs is 2. The summed E-state index contributed by atoms with van der Waals surface area (Å²) in [4.78, 5) is 9.87. The lowest BCUT2D eigenvalue weighted by atomic mass is 9.98. The number of aryl methyl sites for hydroxylation is 5. The number of hydrogen-bond donors (Lipinski definition) is 2. The molecule has 6 aromatic carbocycles. The molecule has 0 atom stereocenters. The van der Waals surface area contributed by atoms with Crippen molar-refractivity contribution in [3.8, 4) is 17.3 Å². The zero-order chi connectivity index (χ0) is 39.6. The van der Waals surface area contributed by atoms with Gasteiger partial charge in [0, 0.05) is 22.5 Å². The van der Waals surface area contributed by atoms with Gasteiger partial charge >= 0.3 is 0 Å². The molecule has 8 aromatic rings. The van der Waals surface area contributed by atoms with Crippen molar-refractivity contribution in [2.24, 2.45) is 20.5 Å². The van der Waals surface area contributed by atoms with Gasteiger partial charge in [0.25, 0.3) is 0 Å². The monoisotopic (exact) mass is 761 g/mol. The molecular weight excluding hydrogens is 723 g/mol. The smallest absolute Gasteiger partial charge is 0.232 e. The Hall–Kier alpha value is -7.09. The van der Waals surface area contributed by atoms with Crippen molar-refractivity contribution in [1.29, 1.82) is 5.26 Å². The number of benzene rings is 6. The molecule has 0 amide bonds. The predicted octanol–water partition coefficient (Wildman–Crippen LogP) is 14.6. The summed E-state index contributed by atoms with van der Waals surface area (Å²) >= 11 is 1.29. The first-order valence-corrected chi connectivity index (χ1v) is 19.4. The first kappa shape index (κ1) is 36.9. The summed E-state index contributed by atoms with van der Waals surface area (Å²) in [5.41, 5.74) is 11.1. The number of nitrogens with one attached hydrogen (secondary N) is 2. The maximum Gasteiger partial charge on any atom is 0.232 e. The molecule has 0 aliphatic rings. The number of azo groups is 2. The van der Waals surface area contributed by atoms with Crippen LogP contribution in [0, 0.1) is 52.9 Å². The Balaban J connectivity index is 1.22. The third kappa shape index (κ3) is 7.87. The summed E-state index contributed by atoms with van der Waals surface area (Å²) in [6.45, 7) is 12.3. The average molecular weight is 762 g/mol. The lowest BCUT2D eigenvalue weighted by Gasteiger charge is -2.16. The van der Waals surface area contributed by atoms with Crippen molar-refractivity contribution in [1.82, 2.24) is 9.97 Å². The number of rotatable bonds is 9. The Labute approximate surface area is 335 Å². The van der Waals surface area contributed by atoms with Gasteiger partial charge in [0.2, 0.25) is 5.13 Å². The van der Waals surface area contributed by atoms with E-state index >= 15 is 0 Å². The number of pyridine rings is 1. The van der Waals surface area contributed by atoms with Crippen LogP contribution in [0.1, 0.15) is 38.9 Å². The van der Waals surface area contributed by atoms with Crippen molar-refractivity contribution >= 4 is 77.4 Å². The van der Waals surface area contributed by atoms with Crippen molar-refractivity contribution in [3.63, 3.8) is 0 Å². The fourth-order valence-corrected chi connectivity index (χ4v) is 7.59. The Kier molecular flexibility index (Phi) is 10.1. The molecule has 0 fully saturated rings. The normalized spacial score (nSPS) is 11.5. The summed E-state index contributed by atoms with van der Waals surface area (Å²) < 4.78 is 0. The molecule has 0 bridgehead atoms. The average Bonchev–Trinajstić information content (AvgIpc) is 3.62. The number of nitriles is 1. The third-order valence-electron chi connectivity index (χ3n) is 9.88. The number of anilines is 4. The summed E-state index contributed by atoms with van der Waals surface area (Å²) in [6, 6.07) is 41.3. The molecular formula is C47H39N9S. The van der Waals surface area contributed by atoms with Gasteiger partial charge in [-0.3, -0.25) is 0 Å². The van der Waals surface area contributed by atoms with Gasteiger partial charge in [-0.25, -0.2) is 9.97 Å². The van der Waals surface area contributed by atoms with Crippen LogP contribution < -0.4 is 10.6 Å². The Morgan fingerprint density at radius 3 is 1.93 bits per heavy atom. The van der Waals surface area contributed by atoms with Crippen LogP contribution >= 0.6 is 11.3 Å². The minimum atomic E-state index is 0.362. The van der Waals surface area contributed by atoms with Gasteiger partial charge in [0.15, 0.2) is 16.6 Å². The van der Waals surface area contributed by atoms with Gasteiger partial charge in [-0.2, -0.15) is 5.26 Å². The van der Waals surface area contributed by atoms with Gasteiger partial charge < -0.3 is 10.6 Å². The van der Waals surface area contributed by atoms with E-state index in [2.05, 4.69) is 91.1 Å². The molecule has 9 nitrogen and oxygen atoms in total. The maximum absolute atomic E-state index is 10.4. The lowest BCUT2D eigenvalue weighted by molar-refractivity contribution is 1.15. The van der Waals surface area contributed by atoms with Crippen molar-refractivity contribution in [2.45, 2.75) is 41.5 Å². The summed E-state index contributed by atoms with van der Waals surface area (Å²) in [5, 5.41) is 41.6. The second-order valence-electron chi connectivity index (χ2n) is 14.3. The van der Waals surface area contributed by atoms with E-state index in [1.807, 2.05) is 87.5 Å². The number of hydrogen-bond acceptors (Lipinski definition) is 10. The second-order valence-corrected chi connectivity index (χ2v) is 15.3. The quantitative estimate of drug-likeness (QED) is 0.142. The van der Waals surface area contributed by atoms with Crippen LogP contribution in [-0.2, 0) is 0 Å². The SMILES string of the molecule is Cc1ccc(Nc2nc(Nc3ccc(C)cc3)c(N=Nc3nc(-c4ccc5ccccc5c4)c(N=Nc4cc(C)c5cc(C)cc(C)c5c4)s3)c(C)c2C#N)cc1. The highest BCUT2D eigenvalue weighted by molar-refractivity contribution is 7.19.